The van der Waals surface area contributed by atoms with Gasteiger partial charge in [-0.05, 0) is 32.0 Å². The zero-order valence-electron chi connectivity index (χ0n) is 14.6. The van der Waals surface area contributed by atoms with Crippen molar-refractivity contribution in [3.8, 4) is 5.75 Å². The van der Waals surface area contributed by atoms with E-state index in [1.54, 1.807) is 25.3 Å². The third kappa shape index (κ3) is 3.83. The summed E-state index contributed by atoms with van der Waals surface area (Å²) in [6, 6.07) is 12.2. The Bertz CT molecular complexity index is 1020. The highest BCUT2D eigenvalue weighted by atomic mass is 16.5. The maximum absolute atomic E-state index is 12.0. The summed E-state index contributed by atoms with van der Waals surface area (Å²) in [6.07, 6.45) is 1.55. The van der Waals surface area contributed by atoms with Gasteiger partial charge in [-0.2, -0.15) is 5.10 Å². The van der Waals surface area contributed by atoms with Crippen LogP contribution < -0.4 is 15.7 Å². The van der Waals surface area contributed by atoms with Crippen molar-refractivity contribution in [1.82, 2.24) is 9.99 Å². The van der Waals surface area contributed by atoms with Crippen LogP contribution in [0, 0.1) is 0 Å². The normalized spacial score (nSPS) is 11.5. The Balaban J connectivity index is 1.74. The summed E-state index contributed by atoms with van der Waals surface area (Å²) >= 11 is 0. The van der Waals surface area contributed by atoms with Crippen LogP contribution in [0.1, 0.15) is 19.6 Å². The topological polar surface area (TPSA) is 85.8 Å². The monoisotopic (exact) mass is 353 g/mol. The molecule has 2 heterocycles. The number of fused-ring (bicyclic) bond motifs is 1. The first-order chi connectivity index (χ1) is 12.6. The lowest BCUT2D eigenvalue weighted by molar-refractivity contribution is -0.121. The second kappa shape index (κ2) is 7.69. The van der Waals surface area contributed by atoms with Gasteiger partial charge in [0.2, 0.25) is 0 Å². The van der Waals surface area contributed by atoms with E-state index in [0.29, 0.717) is 29.4 Å². The molecule has 134 valence electrons. The number of para-hydroxylation sites is 1. The molecule has 1 N–H and O–H groups in total. The largest absolute Gasteiger partial charge is 0.490 e. The predicted octanol–water partition coefficient (Wildman–Crippen LogP) is 2.53. The minimum absolute atomic E-state index is 0.106. The molecule has 0 radical (unpaired) electrons. The molecule has 0 aliphatic heterocycles. The zero-order chi connectivity index (χ0) is 18.5. The van der Waals surface area contributed by atoms with Crippen molar-refractivity contribution >= 4 is 22.6 Å². The van der Waals surface area contributed by atoms with Gasteiger partial charge in [-0.15, -0.1) is 0 Å². The van der Waals surface area contributed by atoms with E-state index in [9.17, 15) is 9.59 Å². The Labute approximate surface area is 149 Å². The highest BCUT2D eigenvalue weighted by Gasteiger charge is 2.11. The predicted molar refractivity (Wildman–Crippen MR) is 98.4 cm³/mol. The number of benzene rings is 1. The number of rotatable bonds is 6. The van der Waals surface area contributed by atoms with E-state index in [2.05, 4.69) is 10.5 Å². The van der Waals surface area contributed by atoms with Crippen molar-refractivity contribution in [3.63, 3.8) is 0 Å². The number of nitrogens with zero attached hydrogens (tertiary/aromatic N) is 2. The summed E-state index contributed by atoms with van der Waals surface area (Å²) in [5.41, 5.74) is 3.34. The SMILES string of the molecule is CCOc1cccc2cc(/C(C)=N\NC(=O)Cn3ccccc3=O)oc12. The number of aromatic nitrogens is 1. The highest BCUT2D eigenvalue weighted by Crippen LogP contribution is 2.28. The lowest BCUT2D eigenvalue weighted by Crippen LogP contribution is -2.29. The summed E-state index contributed by atoms with van der Waals surface area (Å²) < 4.78 is 12.7. The number of hydrogen-bond acceptors (Lipinski definition) is 5. The maximum atomic E-state index is 12.0. The van der Waals surface area contributed by atoms with Crippen molar-refractivity contribution in [3.05, 3.63) is 64.8 Å². The second-order valence-corrected chi connectivity index (χ2v) is 5.62. The van der Waals surface area contributed by atoms with E-state index in [0.717, 1.165) is 5.39 Å². The van der Waals surface area contributed by atoms with Gasteiger partial charge in [-0.1, -0.05) is 18.2 Å². The van der Waals surface area contributed by atoms with Crippen molar-refractivity contribution in [2.24, 2.45) is 5.10 Å². The molecule has 7 heteroatoms. The number of amides is 1. The highest BCUT2D eigenvalue weighted by molar-refractivity contribution is 6.01. The summed E-state index contributed by atoms with van der Waals surface area (Å²) in [7, 11) is 0. The van der Waals surface area contributed by atoms with Crippen LogP contribution in [0.4, 0.5) is 0 Å². The molecule has 0 fully saturated rings. The maximum Gasteiger partial charge on any atom is 0.260 e. The third-order valence-electron chi connectivity index (χ3n) is 3.73. The molecule has 2 aromatic heterocycles. The minimum atomic E-state index is -0.399. The smallest absolute Gasteiger partial charge is 0.260 e. The number of hydrogen-bond donors (Lipinski definition) is 1. The van der Waals surface area contributed by atoms with E-state index in [1.807, 2.05) is 31.2 Å². The van der Waals surface area contributed by atoms with E-state index in [4.69, 9.17) is 9.15 Å². The number of nitrogens with one attached hydrogen (secondary N) is 1. The Morgan fingerprint density at radius 1 is 1.27 bits per heavy atom. The minimum Gasteiger partial charge on any atom is -0.490 e. The molecule has 3 aromatic rings. The molecule has 0 atom stereocenters. The molecule has 0 unspecified atom stereocenters. The van der Waals surface area contributed by atoms with Crippen LogP contribution in [0.2, 0.25) is 0 Å². The van der Waals surface area contributed by atoms with Gasteiger partial charge in [-0.25, -0.2) is 5.43 Å². The van der Waals surface area contributed by atoms with Crippen LogP contribution in [-0.2, 0) is 11.3 Å². The van der Waals surface area contributed by atoms with Crippen molar-refractivity contribution in [1.29, 1.82) is 0 Å². The van der Waals surface area contributed by atoms with Crippen molar-refractivity contribution in [2.45, 2.75) is 20.4 Å². The molecule has 3 rings (SSSR count). The van der Waals surface area contributed by atoms with Gasteiger partial charge in [0.15, 0.2) is 17.1 Å². The first kappa shape index (κ1) is 17.5. The van der Waals surface area contributed by atoms with E-state index >= 15 is 0 Å². The van der Waals surface area contributed by atoms with Crippen LogP contribution in [0.25, 0.3) is 11.0 Å². The van der Waals surface area contributed by atoms with E-state index < -0.39 is 5.91 Å². The summed E-state index contributed by atoms with van der Waals surface area (Å²) in [4.78, 5) is 23.6. The molecule has 0 saturated heterocycles. The van der Waals surface area contributed by atoms with Crippen LogP contribution in [0.5, 0.6) is 5.75 Å². The summed E-state index contributed by atoms with van der Waals surface area (Å²) in [6.45, 7) is 4.07. The van der Waals surface area contributed by atoms with Crippen molar-refractivity contribution < 1.29 is 13.9 Å². The molecule has 1 aromatic carbocycles. The Morgan fingerprint density at radius 2 is 2.12 bits per heavy atom. The first-order valence-electron chi connectivity index (χ1n) is 8.23. The van der Waals surface area contributed by atoms with Crippen LogP contribution in [-0.4, -0.2) is 22.8 Å². The number of ether oxygens (including phenoxy) is 1. The number of furan rings is 1. The van der Waals surface area contributed by atoms with Gasteiger partial charge < -0.3 is 13.7 Å². The van der Waals surface area contributed by atoms with Crippen LogP contribution in [0.15, 0.2) is 63.0 Å². The quantitative estimate of drug-likeness (QED) is 0.545. The molecule has 26 heavy (non-hydrogen) atoms. The fourth-order valence-corrected chi connectivity index (χ4v) is 2.47. The second-order valence-electron chi connectivity index (χ2n) is 5.62. The number of carbonyl (C=O) groups excluding carboxylic acids is 1. The lowest BCUT2D eigenvalue weighted by atomic mass is 10.2. The molecule has 1 amide bonds. The van der Waals surface area contributed by atoms with Gasteiger partial charge in [0.05, 0.1) is 6.61 Å². The molecular weight excluding hydrogens is 334 g/mol. The molecule has 0 aliphatic rings. The number of hydrazone groups is 1. The third-order valence-corrected chi connectivity index (χ3v) is 3.73. The van der Waals surface area contributed by atoms with Crippen LogP contribution >= 0.6 is 0 Å². The lowest BCUT2D eigenvalue weighted by Gasteiger charge is -2.04. The Morgan fingerprint density at radius 3 is 2.88 bits per heavy atom. The summed E-state index contributed by atoms with van der Waals surface area (Å²) in [5.74, 6) is 0.796. The first-order valence-corrected chi connectivity index (χ1v) is 8.23. The molecule has 0 aliphatic carbocycles. The van der Waals surface area contributed by atoms with Crippen molar-refractivity contribution in [2.75, 3.05) is 6.61 Å². The zero-order valence-corrected chi connectivity index (χ0v) is 14.6. The van der Waals surface area contributed by atoms with Crippen LogP contribution in [0.3, 0.4) is 0 Å². The van der Waals surface area contributed by atoms with Gasteiger partial charge in [0.25, 0.3) is 11.5 Å². The summed E-state index contributed by atoms with van der Waals surface area (Å²) in [5, 5.41) is 4.95. The fourth-order valence-electron chi connectivity index (χ4n) is 2.47. The molecule has 0 bridgehead atoms. The molecule has 0 saturated carbocycles. The molecule has 0 spiro atoms. The van der Waals surface area contributed by atoms with E-state index in [1.165, 1.54) is 10.6 Å². The van der Waals surface area contributed by atoms with Gasteiger partial charge in [-0.3, -0.25) is 9.59 Å². The standard InChI is InChI=1S/C19H19N3O4/c1-3-25-15-8-6-7-14-11-16(26-19(14)15)13(2)20-21-17(23)12-22-10-5-4-9-18(22)24/h4-11H,3,12H2,1-2H3,(H,21,23)/b20-13-. The van der Waals surface area contributed by atoms with Gasteiger partial charge in [0, 0.05) is 17.6 Å². The molecular formula is C19H19N3O4. The molecule has 7 nitrogen and oxygen atoms in total. The fraction of sp³-hybridized carbons (Fsp3) is 0.211. The van der Waals surface area contributed by atoms with E-state index in [-0.39, 0.29) is 12.1 Å². The number of carbonyl (C=O) groups is 1. The number of pyridine rings is 1. The van der Waals surface area contributed by atoms with Gasteiger partial charge in [0.1, 0.15) is 12.3 Å². The average molecular weight is 353 g/mol. The Hall–Kier alpha value is -3.35. The van der Waals surface area contributed by atoms with Gasteiger partial charge >= 0.3 is 0 Å². The average Bonchev–Trinajstić information content (AvgIpc) is 3.07. The Kier molecular flexibility index (Phi) is 5.17.